The Morgan fingerprint density at radius 3 is 2.64 bits per heavy atom. The van der Waals surface area contributed by atoms with E-state index < -0.39 is 21.7 Å². The van der Waals surface area contributed by atoms with Crippen LogP contribution in [0, 0.1) is 11.6 Å². The van der Waals surface area contributed by atoms with Crippen LogP contribution in [0.15, 0.2) is 12.1 Å². The molecule has 3 rings (SSSR count). The van der Waals surface area contributed by atoms with Gasteiger partial charge in [-0.05, 0) is 18.9 Å². The standard InChI is InChI=1S/C13H15F2N3O2S2/c1-22(19,20)17-9-2-4-18(5-3-9)13-16-12-10(15)6-8(14)7-11(12)21-13/h6-7,9,17H,2-5H2,1H3. The van der Waals surface area contributed by atoms with E-state index in [1.165, 1.54) is 17.4 Å². The number of sulfonamides is 1. The summed E-state index contributed by atoms with van der Waals surface area (Å²) in [5, 5.41) is 0.636. The maximum atomic E-state index is 13.7. The van der Waals surface area contributed by atoms with Crippen LogP contribution < -0.4 is 9.62 Å². The van der Waals surface area contributed by atoms with Crippen molar-refractivity contribution in [1.29, 1.82) is 0 Å². The number of fused-ring (bicyclic) bond motifs is 1. The highest BCUT2D eigenvalue weighted by molar-refractivity contribution is 7.88. The molecule has 0 saturated carbocycles. The molecule has 0 unspecified atom stereocenters. The summed E-state index contributed by atoms with van der Waals surface area (Å²) in [6.45, 7) is 1.24. The highest BCUT2D eigenvalue weighted by atomic mass is 32.2. The molecule has 0 atom stereocenters. The van der Waals surface area contributed by atoms with Crippen molar-refractivity contribution in [3.05, 3.63) is 23.8 Å². The second-order valence-corrected chi connectivity index (χ2v) is 8.17. The van der Waals surface area contributed by atoms with E-state index in [1.807, 2.05) is 4.90 Å². The van der Waals surface area contributed by atoms with E-state index in [4.69, 9.17) is 0 Å². The van der Waals surface area contributed by atoms with Crippen molar-refractivity contribution in [1.82, 2.24) is 9.71 Å². The van der Waals surface area contributed by atoms with Gasteiger partial charge in [0, 0.05) is 25.2 Å². The number of nitrogens with zero attached hydrogens (tertiary/aromatic N) is 2. The minimum absolute atomic E-state index is 0.0881. The van der Waals surface area contributed by atoms with Gasteiger partial charge < -0.3 is 4.90 Å². The minimum atomic E-state index is -3.21. The van der Waals surface area contributed by atoms with Crippen LogP contribution in [0.2, 0.25) is 0 Å². The number of aromatic nitrogens is 1. The number of nitrogens with one attached hydrogen (secondary N) is 1. The van der Waals surface area contributed by atoms with Gasteiger partial charge in [0.2, 0.25) is 10.0 Å². The van der Waals surface area contributed by atoms with Crippen LogP contribution in [-0.2, 0) is 10.0 Å². The van der Waals surface area contributed by atoms with Crippen molar-refractivity contribution in [2.45, 2.75) is 18.9 Å². The molecule has 1 fully saturated rings. The fourth-order valence-corrected chi connectivity index (χ4v) is 4.47. The second-order valence-electron chi connectivity index (χ2n) is 5.38. The first-order valence-electron chi connectivity index (χ1n) is 6.80. The van der Waals surface area contributed by atoms with Crippen LogP contribution in [0.3, 0.4) is 0 Å². The molecule has 0 amide bonds. The van der Waals surface area contributed by atoms with Crippen LogP contribution in [0.5, 0.6) is 0 Å². The maximum Gasteiger partial charge on any atom is 0.208 e. The molecule has 1 aliphatic heterocycles. The summed E-state index contributed by atoms with van der Waals surface area (Å²) in [4.78, 5) is 6.22. The topological polar surface area (TPSA) is 62.3 Å². The van der Waals surface area contributed by atoms with E-state index in [0.717, 1.165) is 12.3 Å². The molecular formula is C13H15F2N3O2S2. The fraction of sp³-hybridized carbons (Fsp3) is 0.462. The number of hydrogen-bond acceptors (Lipinski definition) is 5. The number of hydrogen-bond donors (Lipinski definition) is 1. The smallest absolute Gasteiger partial charge is 0.208 e. The van der Waals surface area contributed by atoms with Crippen LogP contribution in [0.4, 0.5) is 13.9 Å². The Kier molecular flexibility index (Phi) is 4.04. The Morgan fingerprint density at radius 1 is 1.32 bits per heavy atom. The molecule has 1 aromatic carbocycles. The minimum Gasteiger partial charge on any atom is -0.348 e. The number of halogens is 2. The first kappa shape index (κ1) is 15.6. The Balaban J connectivity index is 1.75. The van der Waals surface area contributed by atoms with Crippen LogP contribution in [0.1, 0.15) is 12.8 Å². The maximum absolute atomic E-state index is 13.7. The summed E-state index contributed by atoms with van der Waals surface area (Å²) >= 11 is 1.24. The number of benzene rings is 1. The third-order valence-corrected chi connectivity index (χ3v) is 5.37. The van der Waals surface area contributed by atoms with Gasteiger partial charge in [-0.3, -0.25) is 0 Å². The summed E-state index contributed by atoms with van der Waals surface area (Å²) in [5.41, 5.74) is 0.179. The van der Waals surface area contributed by atoms with Gasteiger partial charge in [-0.25, -0.2) is 26.9 Å². The number of piperidine rings is 1. The second kappa shape index (κ2) is 5.71. The molecule has 1 saturated heterocycles. The first-order chi connectivity index (χ1) is 10.3. The molecule has 1 aromatic heterocycles. The third-order valence-electron chi connectivity index (χ3n) is 3.55. The number of anilines is 1. The largest absolute Gasteiger partial charge is 0.348 e. The monoisotopic (exact) mass is 347 g/mol. The van der Waals surface area contributed by atoms with E-state index in [9.17, 15) is 17.2 Å². The molecule has 1 aliphatic rings. The van der Waals surface area contributed by atoms with Gasteiger partial charge >= 0.3 is 0 Å². The van der Waals surface area contributed by atoms with Crippen molar-refractivity contribution in [3.8, 4) is 0 Å². The lowest BCUT2D eigenvalue weighted by molar-refractivity contribution is 0.461. The predicted octanol–water partition coefficient (Wildman–Crippen LogP) is 2.09. The molecule has 2 aromatic rings. The summed E-state index contributed by atoms with van der Waals surface area (Å²) in [5.74, 6) is -1.28. The molecule has 1 N–H and O–H groups in total. The summed E-state index contributed by atoms with van der Waals surface area (Å²) in [6, 6.07) is 2.01. The van der Waals surface area contributed by atoms with E-state index in [-0.39, 0.29) is 11.6 Å². The first-order valence-corrected chi connectivity index (χ1v) is 9.50. The highest BCUT2D eigenvalue weighted by Gasteiger charge is 2.24. The highest BCUT2D eigenvalue weighted by Crippen LogP contribution is 2.32. The molecule has 0 bridgehead atoms. The zero-order valence-corrected chi connectivity index (χ0v) is 13.5. The summed E-state index contributed by atoms with van der Waals surface area (Å²) in [6.07, 6.45) is 2.45. The van der Waals surface area contributed by atoms with Crippen molar-refractivity contribution < 1.29 is 17.2 Å². The lowest BCUT2D eigenvalue weighted by Crippen LogP contribution is -2.44. The molecule has 22 heavy (non-hydrogen) atoms. The zero-order valence-electron chi connectivity index (χ0n) is 11.8. The van der Waals surface area contributed by atoms with Crippen molar-refractivity contribution in [3.63, 3.8) is 0 Å². The number of thiazole rings is 1. The average Bonchev–Trinajstić information content (AvgIpc) is 2.81. The lowest BCUT2D eigenvalue weighted by atomic mass is 10.1. The van der Waals surface area contributed by atoms with Crippen LogP contribution in [-0.4, -0.2) is 38.8 Å². The van der Waals surface area contributed by atoms with Gasteiger partial charge in [0.1, 0.15) is 11.3 Å². The molecule has 0 aliphatic carbocycles. The molecule has 120 valence electrons. The van der Waals surface area contributed by atoms with E-state index in [1.54, 1.807) is 0 Å². The quantitative estimate of drug-likeness (QED) is 0.924. The van der Waals surface area contributed by atoms with E-state index in [2.05, 4.69) is 9.71 Å². The summed E-state index contributed by atoms with van der Waals surface area (Å²) in [7, 11) is -3.21. The van der Waals surface area contributed by atoms with Crippen LogP contribution >= 0.6 is 11.3 Å². The molecule has 9 heteroatoms. The van der Waals surface area contributed by atoms with Crippen molar-refractivity contribution in [2.24, 2.45) is 0 Å². The van der Waals surface area contributed by atoms with Gasteiger partial charge in [0.25, 0.3) is 0 Å². The van der Waals surface area contributed by atoms with E-state index >= 15 is 0 Å². The SMILES string of the molecule is CS(=O)(=O)NC1CCN(c2nc3c(F)cc(F)cc3s2)CC1. The Hall–Kier alpha value is -1.32. The van der Waals surface area contributed by atoms with Gasteiger partial charge in [0.05, 0.1) is 11.0 Å². The Morgan fingerprint density at radius 2 is 2.00 bits per heavy atom. The average molecular weight is 347 g/mol. The zero-order chi connectivity index (χ0) is 15.9. The Bertz CT molecular complexity index is 799. The van der Waals surface area contributed by atoms with Crippen LogP contribution in [0.25, 0.3) is 10.2 Å². The fourth-order valence-electron chi connectivity index (χ4n) is 2.57. The molecule has 5 nitrogen and oxygen atoms in total. The Labute approximate surface area is 131 Å². The van der Waals surface area contributed by atoms with Crippen molar-refractivity contribution >= 4 is 36.7 Å². The molecule has 2 heterocycles. The number of rotatable bonds is 3. The van der Waals surface area contributed by atoms with Gasteiger partial charge in [-0.15, -0.1) is 0 Å². The normalized spacial score (nSPS) is 17.3. The predicted molar refractivity (Wildman–Crippen MR) is 82.8 cm³/mol. The van der Waals surface area contributed by atoms with Gasteiger partial charge in [-0.2, -0.15) is 0 Å². The van der Waals surface area contributed by atoms with E-state index in [0.29, 0.717) is 35.8 Å². The summed E-state index contributed by atoms with van der Waals surface area (Å²) < 4.78 is 52.4. The molecule has 0 spiro atoms. The molecule has 0 radical (unpaired) electrons. The van der Waals surface area contributed by atoms with Crippen molar-refractivity contribution in [2.75, 3.05) is 24.2 Å². The van der Waals surface area contributed by atoms with Gasteiger partial charge in [0.15, 0.2) is 10.9 Å². The molecular weight excluding hydrogens is 332 g/mol. The lowest BCUT2D eigenvalue weighted by Gasteiger charge is -2.31. The van der Waals surface area contributed by atoms with Gasteiger partial charge in [-0.1, -0.05) is 11.3 Å². The third kappa shape index (κ3) is 3.36.